The van der Waals surface area contributed by atoms with E-state index in [1.807, 2.05) is 0 Å². The second-order valence-corrected chi connectivity index (χ2v) is 4.67. The van der Waals surface area contributed by atoms with Gasteiger partial charge in [-0.1, -0.05) is 0 Å². The van der Waals surface area contributed by atoms with Gasteiger partial charge in [0.2, 0.25) is 5.91 Å². The number of primary amides is 1. The van der Waals surface area contributed by atoms with E-state index in [2.05, 4.69) is 0 Å². The first-order valence-corrected chi connectivity index (χ1v) is 6.21. The molecule has 10 heteroatoms. The number of benzene rings is 1. The molecular formula is C12H12F3N3O4. The summed E-state index contributed by atoms with van der Waals surface area (Å²) in [5, 5.41) is 11.0. The van der Waals surface area contributed by atoms with Crippen LogP contribution in [0.2, 0.25) is 0 Å². The highest BCUT2D eigenvalue weighted by molar-refractivity contribution is 5.80. The summed E-state index contributed by atoms with van der Waals surface area (Å²) in [5.74, 6) is -0.737. The van der Waals surface area contributed by atoms with E-state index in [4.69, 9.17) is 10.5 Å². The van der Waals surface area contributed by atoms with Gasteiger partial charge in [-0.3, -0.25) is 14.9 Å². The number of carbonyl (C=O) groups excluding carboxylic acids is 1. The van der Waals surface area contributed by atoms with Gasteiger partial charge in [0.05, 0.1) is 23.6 Å². The minimum atomic E-state index is -4.68. The van der Waals surface area contributed by atoms with E-state index in [1.54, 1.807) is 0 Å². The lowest BCUT2D eigenvalue weighted by atomic mass is 10.1. The molecular weight excluding hydrogens is 307 g/mol. The fraction of sp³-hybridized carbons (Fsp3) is 0.417. The van der Waals surface area contributed by atoms with Crippen LogP contribution in [0.4, 0.5) is 24.5 Å². The van der Waals surface area contributed by atoms with Gasteiger partial charge < -0.3 is 15.4 Å². The van der Waals surface area contributed by atoms with Crippen LogP contribution in [-0.2, 0) is 15.7 Å². The zero-order chi connectivity index (χ0) is 16.5. The number of amides is 1. The lowest BCUT2D eigenvalue weighted by Crippen LogP contribution is -2.48. The fourth-order valence-corrected chi connectivity index (χ4v) is 2.15. The van der Waals surface area contributed by atoms with Crippen LogP contribution in [0.3, 0.4) is 0 Å². The fourth-order valence-electron chi connectivity index (χ4n) is 2.15. The molecule has 1 aromatic rings. The smallest absolute Gasteiger partial charge is 0.367 e. The van der Waals surface area contributed by atoms with Gasteiger partial charge in [0, 0.05) is 12.6 Å². The first kappa shape index (κ1) is 16.0. The van der Waals surface area contributed by atoms with E-state index in [-0.39, 0.29) is 25.4 Å². The molecule has 1 aliphatic rings. The van der Waals surface area contributed by atoms with Crippen LogP contribution in [0.25, 0.3) is 0 Å². The normalized spacial score (nSPS) is 19.0. The van der Waals surface area contributed by atoms with Crippen molar-refractivity contribution in [2.75, 3.05) is 24.6 Å². The van der Waals surface area contributed by atoms with Gasteiger partial charge in [-0.2, -0.15) is 13.2 Å². The summed E-state index contributed by atoms with van der Waals surface area (Å²) >= 11 is 0. The largest absolute Gasteiger partial charge is 0.416 e. The molecule has 120 valence electrons. The zero-order valence-corrected chi connectivity index (χ0v) is 11.2. The van der Waals surface area contributed by atoms with Gasteiger partial charge in [-0.05, 0) is 12.1 Å². The molecule has 0 radical (unpaired) electrons. The average Bonchev–Trinajstić information content (AvgIpc) is 2.45. The number of nitro benzene ring substituents is 1. The summed E-state index contributed by atoms with van der Waals surface area (Å²) in [6.07, 6.45) is -5.64. The second kappa shape index (κ2) is 5.79. The number of nitrogens with two attached hydrogens (primary N) is 1. The molecule has 1 atom stereocenters. The highest BCUT2D eigenvalue weighted by Gasteiger charge is 2.35. The molecule has 0 aromatic heterocycles. The molecule has 0 bridgehead atoms. The molecule has 22 heavy (non-hydrogen) atoms. The molecule has 7 nitrogen and oxygen atoms in total. The molecule has 1 amide bonds. The maximum atomic E-state index is 12.7. The maximum Gasteiger partial charge on any atom is 0.416 e. The van der Waals surface area contributed by atoms with Gasteiger partial charge in [0.1, 0.15) is 5.69 Å². The summed E-state index contributed by atoms with van der Waals surface area (Å²) in [7, 11) is 0. The summed E-state index contributed by atoms with van der Waals surface area (Å²) < 4.78 is 43.1. The number of hydrogen-bond acceptors (Lipinski definition) is 5. The topological polar surface area (TPSA) is 98.7 Å². The summed E-state index contributed by atoms with van der Waals surface area (Å²) in [4.78, 5) is 22.7. The standard InChI is InChI=1S/C12H12F3N3O4/c13-12(14,15)7-1-2-8(9(5-7)18(20)21)17-3-4-22-10(6-17)11(16)19/h1-2,5,10H,3-4,6H2,(H2,16,19). The van der Waals surface area contributed by atoms with Gasteiger partial charge in [-0.15, -0.1) is 0 Å². The Morgan fingerprint density at radius 1 is 1.45 bits per heavy atom. The predicted octanol–water partition coefficient (Wildman–Crippen LogP) is 1.30. The molecule has 1 heterocycles. The second-order valence-electron chi connectivity index (χ2n) is 4.67. The van der Waals surface area contributed by atoms with Crippen molar-refractivity contribution in [3.8, 4) is 0 Å². The Hall–Kier alpha value is -2.36. The Morgan fingerprint density at radius 2 is 2.14 bits per heavy atom. The molecule has 0 spiro atoms. The van der Waals surface area contributed by atoms with E-state index < -0.39 is 34.4 Å². The lowest BCUT2D eigenvalue weighted by Gasteiger charge is -2.32. The van der Waals surface area contributed by atoms with Crippen LogP contribution in [0.15, 0.2) is 18.2 Å². The summed E-state index contributed by atoms with van der Waals surface area (Å²) in [5.41, 5.74) is 3.32. The molecule has 1 unspecified atom stereocenters. The third-order valence-electron chi connectivity index (χ3n) is 3.22. The molecule has 2 rings (SSSR count). The molecule has 1 aliphatic heterocycles. The highest BCUT2D eigenvalue weighted by Crippen LogP contribution is 2.36. The van der Waals surface area contributed by atoms with Crippen molar-refractivity contribution in [3.05, 3.63) is 33.9 Å². The number of nitrogens with zero attached hydrogens (tertiary/aromatic N) is 2. The van der Waals surface area contributed by atoms with Crippen molar-refractivity contribution in [2.24, 2.45) is 5.73 Å². The summed E-state index contributed by atoms with van der Waals surface area (Å²) in [6.45, 7) is 0.239. The zero-order valence-electron chi connectivity index (χ0n) is 11.2. The van der Waals surface area contributed by atoms with Crippen LogP contribution in [-0.4, -0.2) is 36.6 Å². The van der Waals surface area contributed by atoms with Gasteiger partial charge in [0.25, 0.3) is 5.69 Å². The SMILES string of the molecule is NC(=O)C1CN(c2ccc(C(F)(F)F)cc2[N+](=O)[O-])CCO1. The number of morpholine rings is 1. The van der Waals surface area contributed by atoms with E-state index in [9.17, 15) is 28.1 Å². The molecule has 0 saturated carbocycles. The van der Waals surface area contributed by atoms with Crippen LogP contribution < -0.4 is 10.6 Å². The van der Waals surface area contributed by atoms with Crippen molar-refractivity contribution >= 4 is 17.3 Å². The molecule has 1 aromatic carbocycles. The molecule has 0 aliphatic carbocycles. The maximum absolute atomic E-state index is 12.7. The number of hydrogen-bond donors (Lipinski definition) is 1. The Balaban J connectivity index is 2.38. The van der Waals surface area contributed by atoms with E-state index in [0.717, 1.165) is 12.1 Å². The number of nitro groups is 1. The first-order chi connectivity index (χ1) is 10.2. The molecule has 1 fully saturated rings. The highest BCUT2D eigenvalue weighted by atomic mass is 19.4. The van der Waals surface area contributed by atoms with Gasteiger partial charge >= 0.3 is 6.18 Å². The Kier molecular flexibility index (Phi) is 4.22. The number of ether oxygens (including phenoxy) is 1. The minimum absolute atomic E-state index is 0.00690. The number of carbonyl (C=O) groups is 1. The summed E-state index contributed by atoms with van der Waals surface area (Å²) in [6, 6.07) is 2.26. The number of alkyl halides is 3. The van der Waals surface area contributed by atoms with E-state index in [0.29, 0.717) is 6.07 Å². The Morgan fingerprint density at radius 3 is 2.68 bits per heavy atom. The van der Waals surface area contributed by atoms with Crippen molar-refractivity contribution in [1.82, 2.24) is 0 Å². The van der Waals surface area contributed by atoms with Crippen LogP contribution in [0.1, 0.15) is 5.56 Å². The molecule has 2 N–H and O–H groups in total. The Labute approximate surface area is 122 Å². The first-order valence-electron chi connectivity index (χ1n) is 6.21. The van der Waals surface area contributed by atoms with Crippen LogP contribution >= 0.6 is 0 Å². The average molecular weight is 319 g/mol. The van der Waals surface area contributed by atoms with Gasteiger partial charge in [-0.25, -0.2) is 0 Å². The van der Waals surface area contributed by atoms with Crippen molar-refractivity contribution in [3.63, 3.8) is 0 Å². The molecule has 1 saturated heterocycles. The monoisotopic (exact) mass is 319 g/mol. The number of anilines is 1. The van der Waals surface area contributed by atoms with Crippen LogP contribution in [0.5, 0.6) is 0 Å². The minimum Gasteiger partial charge on any atom is -0.367 e. The van der Waals surface area contributed by atoms with E-state index >= 15 is 0 Å². The third kappa shape index (κ3) is 3.27. The number of halogens is 3. The quantitative estimate of drug-likeness (QED) is 0.669. The van der Waals surface area contributed by atoms with Gasteiger partial charge in [0.15, 0.2) is 6.10 Å². The van der Waals surface area contributed by atoms with E-state index in [1.165, 1.54) is 4.90 Å². The Bertz CT molecular complexity index is 606. The van der Waals surface area contributed by atoms with Crippen molar-refractivity contribution in [2.45, 2.75) is 12.3 Å². The third-order valence-corrected chi connectivity index (χ3v) is 3.22. The predicted molar refractivity (Wildman–Crippen MR) is 69.2 cm³/mol. The van der Waals surface area contributed by atoms with Crippen molar-refractivity contribution in [1.29, 1.82) is 0 Å². The van der Waals surface area contributed by atoms with Crippen molar-refractivity contribution < 1.29 is 27.6 Å². The lowest BCUT2D eigenvalue weighted by molar-refractivity contribution is -0.384. The number of rotatable bonds is 3. The van der Waals surface area contributed by atoms with Crippen LogP contribution in [0, 0.1) is 10.1 Å².